The summed E-state index contributed by atoms with van der Waals surface area (Å²) in [5.41, 5.74) is 0.906. The Kier molecular flexibility index (Phi) is 3.57. The van der Waals surface area contributed by atoms with Gasteiger partial charge in [-0.15, -0.1) is 0 Å². The monoisotopic (exact) mass is 247 g/mol. The topological polar surface area (TPSA) is 57.8 Å². The average Bonchev–Trinajstić information content (AvgIpc) is 2.81. The van der Waals surface area contributed by atoms with E-state index in [-0.39, 0.29) is 5.91 Å². The van der Waals surface area contributed by atoms with E-state index >= 15 is 0 Å². The molecule has 0 unspecified atom stereocenters. The molecule has 2 N–H and O–H groups in total. The number of anilines is 1. The van der Waals surface area contributed by atoms with Crippen LogP contribution >= 0.6 is 11.6 Å². The highest BCUT2D eigenvalue weighted by Crippen LogP contribution is 2.10. The summed E-state index contributed by atoms with van der Waals surface area (Å²) in [6, 6.07) is 7.20. The molecule has 86 valence electrons. The largest absolute Gasteiger partial charge is 0.331 e. The molecule has 0 aliphatic rings. The number of amides is 1. The minimum Gasteiger partial charge on any atom is -0.331 e. The molecule has 0 bridgehead atoms. The molecule has 2 aromatic rings. The number of carbonyl (C=O) groups is 1. The number of halogens is 1. The summed E-state index contributed by atoms with van der Waals surface area (Å²) >= 11 is 5.75. The molecule has 1 aromatic carbocycles. The van der Waals surface area contributed by atoms with Crippen LogP contribution < -0.4 is 5.32 Å². The maximum atomic E-state index is 11.5. The standard InChI is InChI=1S/C12H10ClN3O/c13-10-4-1-9(2-5-10)3-6-11(17)16-12-14-7-8-15-12/h1-8H,(H2,14,15,16,17). The Hall–Kier alpha value is -2.07. The molecule has 1 heterocycles. The first-order chi connectivity index (χ1) is 8.24. The third kappa shape index (κ3) is 3.46. The van der Waals surface area contributed by atoms with Crippen LogP contribution in [0, 0.1) is 0 Å². The van der Waals surface area contributed by atoms with Crippen molar-refractivity contribution >= 4 is 29.5 Å². The molecule has 1 amide bonds. The van der Waals surface area contributed by atoms with E-state index in [1.165, 1.54) is 6.08 Å². The normalized spacial score (nSPS) is 10.6. The van der Waals surface area contributed by atoms with Gasteiger partial charge in [0.1, 0.15) is 0 Å². The molecule has 1 aromatic heterocycles. The Morgan fingerprint density at radius 2 is 2.12 bits per heavy atom. The van der Waals surface area contributed by atoms with Gasteiger partial charge in [0, 0.05) is 23.5 Å². The summed E-state index contributed by atoms with van der Waals surface area (Å²) in [5.74, 6) is 0.186. The van der Waals surface area contributed by atoms with E-state index in [9.17, 15) is 4.79 Å². The number of aromatic amines is 1. The molecule has 0 saturated heterocycles. The van der Waals surface area contributed by atoms with E-state index in [1.807, 2.05) is 12.1 Å². The van der Waals surface area contributed by atoms with Crippen molar-refractivity contribution in [2.75, 3.05) is 5.32 Å². The molecule has 4 nitrogen and oxygen atoms in total. The number of nitrogens with one attached hydrogen (secondary N) is 2. The first-order valence-electron chi connectivity index (χ1n) is 4.98. The molecule has 0 radical (unpaired) electrons. The zero-order chi connectivity index (χ0) is 12.1. The van der Waals surface area contributed by atoms with E-state index < -0.39 is 0 Å². The van der Waals surface area contributed by atoms with Crippen LogP contribution in [0.3, 0.4) is 0 Å². The lowest BCUT2D eigenvalue weighted by molar-refractivity contribution is -0.111. The van der Waals surface area contributed by atoms with Crippen LogP contribution in [0.25, 0.3) is 6.08 Å². The highest BCUT2D eigenvalue weighted by atomic mass is 35.5. The second kappa shape index (κ2) is 5.32. The Morgan fingerprint density at radius 1 is 1.35 bits per heavy atom. The summed E-state index contributed by atoms with van der Waals surface area (Å²) in [5, 5.41) is 3.25. The van der Waals surface area contributed by atoms with Gasteiger partial charge in [0.2, 0.25) is 5.95 Å². The van der Waals surface area contributed by atoms with Crippen LogP contribution in [0.5, 0.6) is 0 Å². The van der Waals surface area contributed by atoms with E-state index in [4.69, 9.17) is 11.6 Å². The minimum atomic E-state index is -0.241. The number of imidazole rings is 1. The third-order valence-electron chi connectivity index (χ3n) is 2.04. The molecule has 0 atom stereocenters. The fourth-order valence-corrected chi connectivity index (χ4v) is 1.36. The predicted molar refractivity (Wildman–Crippen MR) is 67.7 cm³/mol. The van der Waals surface area contributed by atoms with Crippen LogP contribution in [0.4, 0.5) is 5.95 Å². The highest BCUT2D eigenvalue weighted by Gasteiger charge is 1.98. The number of nitrogens with zero attached hydrogens (tertiary/aromatic N) is 1. The van der Waals surface area contributed by atoms with Gasteiger partial charge in [0.05, 0.1) is 0 Å². The van der Waals surface area contributed by atoms with E-state index in [0.29, 0.717) is 11.0 Å². The van der Waals surface area contributed by atoms with Crippen molar-refractivity contribution in [3.63, 3.8) is 0 Å². The van der Waals surface area contributed by atoms with E-state index in [2.05, 4.69) is 15.3 Å². The van der Waals surface area contributed by atoms with Crippen LogP contribution in [0.15, 0.2) is 42.7 Å². The zero-order valence-corrected chi connectivity index (χ0v) is 9.61. The number of hydrogen-bond acceptors (Lipinski definition) is 2. The van der Waals surface area contributed by atoms with Crippen molar-refractivity contribution in [1.82, 2.24) is 9.97 Å². The molecular formula is C12H10ClN3O. The number of hydrogen-bond donors (Lipinski definition) is 2. The molecule has 0 aliphatic carbocycles. The lowest BCUT2D eigenvalue weighted by Crippen LogP contribution is -2.08. The van der Waals surface area contributed by atoms with Crippen LogP contribution in [-0.2, 0) is 4.79 Å². The summed E-state index contributed by atoms with van der Waals surface area (Å²) in [6.07, 6.45) is 6.34. The fourth-order valence-electron chi connectivity index (χ4n) is 1.24. The Morgan fingerprint density at radius 3 is 2.76 bits per heavy atom. The molecular weight excluding hydrogens is 238 g/mol. The molecule has 0 aliphatic heterocycles. The Bertz CT molecular complexity index is 517. The minimum absolute atomic E-state index is 0.241. The lowest BCUT2D eigenvalue weighted by atomic mass is 10.2. The van der Waals surface area contributed by atoms with Gasteiger partial charge in [-0.2, -0.15) is 0 Å². The van der Waals surface area contributed by atoms with E-state index in [1.54, 1.807) is 30.6 Å². The Balaban J connectivity index is 1.96. The van der Waals surface area contributed by atoms with Gasteiger partial charge in [0.15, 0.2) is 0 Å². The summed E-state index contributed by atoms with van der Waals surface area (Å²) in [4.78, 5) is 18.1. The lowest BCUT2D eigenvalue weighted by Gasteiger charge is -1.96. The summed E-state index contributed by atoms with van der Waals surface area (Å²) < 4.78 is 0. The van der Waals surface area contributed by atoms with Crippen LogP contribution in [0.1, 0.15) is 5.56 Å². The van der Waals surface area contributed by atoms with Gasteiger partial charge < -0.3 is 4.98 Å². The number of H-pyrrole nitrogens is 1. The number of carbonyl (C=O) groups excluding carboxylic acids is 1. The van der Waals surface area contributed by atoms with Crippen molar-refractivity contribution in [3.8, 4) is 0 Å². The molecule has 17 heavy (non-hydrogen) atoms. The molecule has 2 rings (SSSR count). The SMILES string of the molecule is O=C(C=Cc1ccc(Cl)cc1)Nc1ncc[nH]1. The van der Waals surface area contributed by atoms with Crippen molar-refractivity contribution < 1.29 is 4.79 Å². The highest BCUT2D eigenvalue weighted by molar-refractivity contribution is 6.30. The number of benzene rings is 1. The van der Waals surface area contributed by atoms with Gasteiger partial charge in [-0.1, -0.05) is 23.7 Å². The molecule has 5 heteroatoms. The summed E-state index contributed by atoms with van der Waals surface area (Å²) in [7, 11) is 0. The first kappa shape index (κ1) is 11.4. The molecule has 0 saturated carbocycles. The third-order valence-corrected chi connectivity index (χ3v) is 2.29. The van der Waals surface area contributed by atoms with Crippen LogP contribution in [-0.4, -0.2) is 15.9 Å². The second-order valence-corrected chi connectivity index (χ2v) is 3.75. The van der Waals surface area contributed by atoms with Crippen molar-refractivity contribution in [2.45, 2.75) is 0 Å². The van der Waals surface area contributed by atoms with Gasteiger partial charge in [-0.25, -0.2) is 4.98 Å². The smallest absolute Gasteiger partial charge is 0.250 e. The zero-order valence-electron chi connectivity index (χ0n) is 8.85. The quantitative estimate of drug-likeness (QED) is 0.820. The van der Waals surface area contributed by atoms with Crippen LogP contribution in [0.2, 0.25) is 5.02 Å². The van der Waals surface area contributed by atoms with Crippen molar-refractivity contribution in [2.24, 2.45) is 0 Å². The maximum absolute atomic E-state index is 11.5. The molecule has 0 spiro atoms. The fraction of sp³-hybridized carbons (Fsp3) is 0. The van der Waals surface area contributed by atoms with E-state index in [0.717, 1.165) is 5.56 Å². The number of rotatable bonds is 3. The van der Waals surface area contributed by atoms with Gasteiger partial charge >= 0.3 is 0 Å². The summed E-state index contributed by atoms with van der Waals surface area (Å²) in [6.45, 7) is 0. The first-order valence-corrected chi connectivity index (χ1v) is 5.36. The van der Waals surface area contributed by atoms with Gasteiger partial charge in [0.25, 0.3) is 5.91 Å². The van der Waals surface area contributed by atoms with Gasteiger partial charge in [-0.3, -0.25) is 10.1 Å². The second-order valence-electron chi connectivity index (χ2n) is 3.31. The average molecular weight is 248 g/mol. The number of aromatic nitrogens is 2. The maximum Gasteiger partial charge on any atom is 0.250 e. The van der Waals surface area contributed by atoms with Crippen molar-refractivity contribution in [3.05, 3.63) is 53.3 Å². The molecule has 0 fully saturated rings. The van der Waals surface area contributed by atoms with Crippen molar-refractivity contribution in [1.29, 1.82) is 0 Å². The Labute approximate surface area is 103 Å². The predicted octanol–water partition coefficient (Wildman–Crippen LogP) is 2.71. The van der Waals surface area contributed by atoms with Gasteiger partial charge in [-0.05, 0) is 23.8 Å².